The van der Waals surface area contributed by atoms with Crippen LogP contribution in [0.2, 0.25) is 10.0 Å². The van der Waals surface area contributed by atoms with Crippen LogP contribution in [-0.2, 0) is 22.6 Å². The monoisotopic (exact) mass is 696 g/mol. The van der Waals surface area contributed by atoms with E-state index in [-0.39, 0.29) is 34.0 Å². The molecule has 0 bridgehead atoms. The molecule has 0 fully saturated rings. The van der Waals surface area contributed by atoms with Gasteiger partial charge < -0.3 is 9.32 Å². The van der Waals surface area contributed by atoms with Crippen LogP contribution in [0.3, 0.4) is 0 Å². The van der Waals surface area contributed by atoms with E-state index in [9.17, 15) is 9.59 Å². The molecule has 0 aliphatic carbocycles. The van der Waals surface area contributed by atoms with Gasteiger partial charge >= 0.3 is 0 Å². The van der Waals surface area contributed by atoms with E-state index in [2.05, 4.69) is 10.2 Å². The van der Waals surface area contributed by atoms with E-state index in [4.69, 9.17) is 27.6 Å². The third-order valence-electron chi connectivity index (χ3n) is 8.46. The molecule has 0 saturated carbocycles. The number of aromatic nitrogens is 2. The van der Waals surface area contributed by atoms with Crippen LogP contribution in [0.5, 0.6) is 0 Å². The zero-order valence-corrected chi connectivity index (χ0v) is 27.7. The fraction of sp³-hybridized carbons (Fsp3) is 0.114. The van der Waals surface area contributed by atoms with Crippen molar-refractivity contribution in [1.29, 1.82) is 0 Å². The molecule has 6 aromatic rings. The maximum atomic E-state index is 15.1. The second kappa shape index (κ2) is 11.3. The second-order valence-electron chi connectivity index (χ2n) is 11.2. The van der Waals surface area contributed by atoms with Crippen molar-refractivity contribution in [1.82, 2.24) is 10.2 Å². The van der Waals surface area contributed by atoms with Gasteiger partial charge in [-0.15, -0.1) is 10.2 Å². The van der Waals surface area contributed by atoms with Crippen molar-refractivity contribution in [2.75, 3.05) is 9.80 Å². The quantitative estimate of drug-likeness (QED) is 0.129. The number of para-hydroxylation sites is 1. The molecule has 8 rings (SSSR count). The minimum absolute atomic E-state index is 0.0415. The molecule has 47 heavy (non-hydrogen) atoms. The molecule has 1 atom stereocenters. The average molecular weight is 698 g/mol. The number of fused-ring (bicyclic) bond motifs is 5. The fourth-order valence-electron chi connectivity index (χ4n) is 6.34. The maximum Gasteiger partial charge on any atom is 0.297 e. The predicted molar refractivity (Wildman–Crippen MR) is 185 cm³/mol. The van der Waals surface area contributed by atoms with E-state index in [1.54, 1.807) is 47.4 Å². The first kappa shape index (κ1) is 29.9. The van der Waals surface area contributed by atoms with Crippen LogP contribution < -0.4 is 15.2 Å². The average Bonchev–Trinajstić information content (AvgIpc) is 3.71. The largest absolute Gasteiger partial charge is 0.450 e. The van der Waals surface area contributed by atoms with E-state index in [0.717, 1.165) is 22.5 Å². The summed E-state index contributed by atoms with van der Waals surface area (Å²) in [6.07, 6.45) is 0. The highest BCUT2D eigenvalue weighted by atomic mass is 35.5. The molecule has 4 aromatic carbocycles. The Hall–Kier alpha value is -4.48. The molecule has 12 heteroatoms. The second-order valence-corrected chi connectivity index (χ2v) is 14.2. The van der Waals surface area contributed by atoms with Crippen LogP contribution in [-0.4, -0.2) is 22.0 Å². The maximum absolute atomic E-state index is 15.1. The molecule has 2 aromatic heterocycles. The van der Waals surface area contributed by atoms with Gasteiger partial charge in [0.2, 0.25) is 10.9 Å². The molecule has 8 nitrogen and oxygen atoms in total. The summed E-state index contributed by atoms with van der Waals surface area (Å²) in [6.45, 7) is 1.98. The van der Waals surface area contributed by atoms with Gasteiger partial charge in [-0.2, -0.15) is 0 Å². The summed E-state index contributed by atoms with van der Waals surface area (Å²) in [4.78, 5) is 47.1. The smallest absolute Gasteiger partial charge is 0.297 e. The van der Waals surface area contributed by atoms with Crippen molar-refractivity contribution >= 4 is 79.9 Å². The van der Waals surface area contributed by atoms with Gasteiger partial charge in [0, 0.05) is 21.4 Å². The van der Waals surface area contributed by atoms with Crippen LogP contribution in [0.15, 0.2) is 105 Å². The van der Waals surface area contributed by atoms with E-state index < -0.39 is 22.8 Å². The Bertz CT molecular complexity index is 2340. The Labute approximate surface area is 286 Å². The van der Waals surface area contributed by atoms with Gasteiger partial charge in [0.05, 0.1) is 23.2 Å². The molecule has 2 aliphatic heterocycles. The molecular weight excluding hydrogens is 675 g/mol. The number of aryl methyl sites for hydroxylation is 1. The van der Waals surface area contributed by atoms with Crippen molar-refractivity contribution in [3.63, 3.8) is 0 Å². The van der Waals surface area contributed by atoms with Crippen LogP contribution in [0, 0.1) is 6.92 Å². The minimum atomic E-state index is -1.90. The van der Waals surface area contributed by atoms with E-state index in [1.807, 2.05) is 55.5 Å². The Morgan fingerprint density at radius 2 is 1.57 bits per heavy atom. The zero-order valence-electron chi connectivity index (χ0n) is 24.6. The number of carbonyl (C=O) groups is 2. The van der Waals surface area contributed by atoms with Crippen molar-refractivity contribution < 1.29 is 14.0 Å². The number of carbonyl (C=O) groups excluding carboxylic acids is 2. The lowest BCUT2D eigenvalue weighted by Gasteiger charge is -2.32. The summed E-state index contributed by atoms with van der Waals surface area (Å²) in [5.74, 6) is -0.826. The molecule has 1 unspecified atom stereocenters. The lowest BCUT2D eigenvalue weighted by atomic mass is 9.84. The van der Waals surface area contributed by atoms with Crippen LogP contribution in [0.1, 0.15) is 38.4 Å². The normalized spacial score (nSPS) is 16.8. The first-order chi connectivity index (χ1) is 22.8. The molecule has 232 valence electrons. The molecule has 1 spiro atoms. The zero-order chi connectivity index (χ0) is 32.4. The number of amides is 2. The number of anilines is 2. The molecule has 4 heterocycles. The lowest BCUT2D eigenvalue weighted by molar-refractivity contribution is -0.121. The summed E-state index contributed by atoms with van der Waals surface area (Å²) < 4.78 is 6.77. The van der Waals surface area contributed by atoms with Gasteiger partial charge in [0.15, 0.2) is 15.3 Å². The minimum Gasteiger partial charge on any atom is -0.450 e. The number of hydrogen-bond donors (Lipinski definition) is 0. The lowest BCUT2D eigenvalue weighted by Crippen LogP contribution is -2.53. The third kappa shape index (κ3) is 4.54. The topological polar surface area (TPSA) is 96.6 Å². The summed E-state index contributed by atoms with van der Waals surface area (Å²) >= 11 is 15.5. The molecule has 0 radical (unpaired) electrons. The predicted octanol–water partition coefficient (Wildman–Crippen LogP) is 8.00. The molecule has 0 N–H and O–H groups in total. The highest BCUT2D eigenvalue weighted by Crippen LogP contribution is 2.55. The summed E-state index contributed by atoms with van der Waals surface area (Å²) in [7, 11) is 0. The van der Waals surface area contributed by atoms with Gasteiger partial charge in [-0.25, -0.2) is 0 Å². The fourth-order valence-corrected chi connectivity index (χ4v) is 8.71. The van der Waals surface area contributed by atoms with E-state index in [0.29, 0.717) is 37.0 Å². The Balaban J connectivity index is 1.33. The Morgan fingerprint density at radius 3 is 2.34 bits per heavy atom. The molecular formula is C35H22Cl2N4O4S2. The highest BCUT2D eigenvalue weighted by molar-refractivity contribution is 8.00. The number of benzene rings is 4. The van der Waals surface area contributed by atoms with Crippen LogP contribution in [0.4, 0.5) is 10.8 Å². The van der Waals surface area contributed by atoms with E-state index in [1.165, 1.54) is 16.7 Å². The van der Waals surface area contributed by atoms with Crippen LogP contribution in [0.25, 0.3) is 11.0 Å². The summed E-state index contributed by atoms with van der Waals surface area (Å²) in [5.41, 5.74) is 1.33. The molecule has 2 amide bonds. The number of thioether (sulfide) groups is 1. The first-order valence-electron chi connectivity index (χ1n) is 14.6. The Kier molecular flexibility index (Phi) is 7.21. The third-order valence-corrected chi connectivity index (χ3v) is 11.3. The summed E-state index contributed by atoms with van der Waals surface area (Å²) in [5, 5.41) is 10.3. The number of nitrogens with zero attached hydrogens (tertiary/aromatic N) is 4. The van der Waals surface area contributed by atoms with Crippen molar-refractivity contribution in [2.24, 2.45) is 0 Å². The van der Waals surface area contributed by atoms with Crippen molar-refractivity contribution in [2.45, 2.75) is 29.1 Å². The van der Waals surface area contributed by atoms with E-state index >= 15 is 4.79 Å². The van der Waals surface area contributed by atoms with Crippen molar-refractivity contribution in [3.05, 3.63) is 145 Å². The van der Waals surface area contributed by atoms with Gasteiger partial charge in [0.1, 0.15) is 5.58 Å². The Morgan fingerprint density at radius 1 is 0.872 bits per heavy atom. The van der Waals surface area contributed by atoms with Gasteiger partial charge in [0.25, 0.3) is 11.8 Å². The number of halogens is 2. The van der Waals surface area contributed by atoms with Gasteiger partial charge in [-0.3, -0.25) is 19.3 Å². The molecule has 0 saturated heterocycles. The summed E-state index contributed by atoms with van der Waals surface area (Å²) in [6, 6.07) is 27.1. The SMILES string of the molecule is Cc1ccc2oc3c(c(=O)c2c1)C1(C(=O)N(Cc2ccccc2Cl)c2ccccc21)N(c1nnc(SCc2ccccc2Cl)s1)C3=O. The highest BCUT2D eigenvalue weighted by Gasteiger charge is 2.66. The van der Waals surface area contributed by atoms with Crippen molar-refractivity contribution in [3.8, 4) is 0 Å². The van der Waals surface area contributed by atoms with Crippen LogP contribution >= 0.6 is 46.3 Å². The molecule has 2 aliphatic rings. The van der Waals surface area contributed by atoms with Gasteiger partial charge in [-0.05, 0) is 48.4 Å². The number of hydrogen-bond acceptors (Lipinski definition) is 8. The number of rotatable bonds is 6. The first-order valence-corrected chi connectivity index (χ1v) is 17.1. The standard InChI is InChI=1S/C35H22Cl2N4O4S2/c1-19-14-15-27-22(16-19)29(42)28-30(45-27)31(43)41(33-38-39-34(47-33)46-18-21-9-3-6-12-25(21)37)35(28)23-10-4-7-13-26(23)40(32(35)44)17-20-8-2-5-11-24(20)36/h2-16H,17-18H2,1H3. The van der Waals surface area contributed by atoms with Gasteiger partial charge in [-0.1, -0.05) is 113 Å².